The molecule has 5 nitrogen and oxygen atoms in total. The van der Waals surface area contributed by atoms with E-state index in [1.54, 1.807) is 0 Å². The molecule has 0 saturated carbocycles. The highest BCUT2D eigenvalue weighted by Crippen LogP contribution is 2.19. The molecule has 1 aliphatic rings. The molecule has 0 spiro atoms. The SMILES string of the molecule is C[C@H]1OCC[C@H]1NC(=O)c1cc(F)cc2[nH]c(=S)[nH]c12. The molecule has 3 N–H and O–H groups in total. The monoisotopic (exact) mass is 295 g/mol. The van der Waals surface area contributed by atoms with E-state index in [-0.39, 0.29) is 23.6 Å². The van der Waals surface area contributed by atoms with Crippen LogP contribution in [-0.2, 0) is 4.74 Å². The second-order valence-electron chi connectivity index (χ2n) is 4.90. The lowest BCUT2D eigenvalue weighted by Gasteiger charge is -2.16. The number of H-pyrrole nitrogens is 2. The first-order valence-electron chi connectivity index (χ1n) is 6.38. The minimum Gasteiger partial charge on any atom is -0.376 e. The summed E-state index contributed by atoms with van der Waals surface area (Å²) in [6.45, 7) is 2.53. The Morgan fingerprint density at radius 2 is 2.30 bits per heavy atom. The first kappa shape index (κ1) is 13.3. The molecule has 0 aliphatic carbocycles. The molecule has 0 bridgehead atoms. The van der Waals surface area contributed by atoms with Crippen LogP contribution in [0.2, 0.25) is 0 Å². The maximum atomic E-state index is 13.6. The van der Waals surface area contributed by atoms with Gasteiger partial charge in [-0.05, 0) is 37.7 Å². The van der Waals surface area contributed by atoms with Gasteiger partial charge in [0.2, 0.25) is 0 Å². The molecule has 1 aliphatic heterocycles. The van der Waals surface area contributed by atoms with E-state index in [1.165, 1.54) is 12.1 Å². The molecule has 2 heterocycles. The maximum absolute atomic E-state index is 13.6. The number of carbonyl (C=O) groups is 1. The quantitative estimate of drug-likeness (QED) is 0.744. The van der Waals surface area contributed by atoms with Gasteiger partial charge in [-0.3, -0.25) is 4.79 Å². The van der Waals surface area contributed by atoms with Crippen molar-refractivity contribution in [3.05, 3.63) is 28.3 Å². The summed E-state index contributed by atoms with van der Waals surface area (Å²) in [5.74, 6) is -0.814. The van der Waals surface area contributed by atoms with E-state index in [9.17, 15) is 9.18 Å². The van der Waals surface area contributed by atoms with E-state index >= 15 is 0 Å². The van der Waals surface area contributed by atoms with Gasteiger partial charge in [-0.1, -0.05) is 0 Å². The number of aromatic amines is 2. The predicted octanol–water partition coefficient (Wildman–Crippen LogP) is 2.27. The van der Waals surface area contributed by atoms with Crippen LogP contribution in [0.1, 0.15) is 23.7 Å². The molecular weight excluding hydrogens is 281 g/mol. The highest BCUT2D eigenvalue weighted by molar-refractivity contribution is 7.71. The lowest BCUT2D eigenvalue weighted by Crippen LogP contribution is -2.39. The van der Waals surface area contributed by atoms with Crippen LogP contribution < -0.4 is 5.32 Å². The van der Waals surface area contributed by atoms with Crippen molar-refractivity contribution in [1.82, 2.24) is 15.3 Å². The van der Waals surface area contributed by atoms with Gasteiger partial charge >= 0.3 is 0 Å². The molecular formula is C13H14FN3O2S. The molecule has 0 unspecified atom stereocenters. The fourth-order valence-electron chi connectivity index (χ4n) is 2.45. The predicted molar refractivity (Wildman–Crippen MR) is 74.7 cm³/mol. The van der Waals surface area contributed by atoms with E-state index in [1.807, 2.05) is 6.92 Å². The molecule has 2 aromatic rings. The largest absolute Gasteiger partial charge is 0.376 e. The first-order chi connectivity index (χ1) is 9.54. The van der Waals surface area contributed by atoms with E-state index in [0.717, 1.165) is 6.42 Å². The fraction of sp³-hybridized carbons (Fsp3) is 0.385. The number of ether oxygens (including phenoxy) is 1. The number of aromatic nitrogens is 2. The van der Waals surface area contributed by atoms with Gasteiger partial charge in [0.05, 0.1) is 28.7 Å². The molecule has 1 aromatic carbocycles. The summed E-state index contributed by atoms with van der Waals surface area (Å²) in [7, 11) is 0. The van der Waals surface area contributed by atoms with Crippen LogP contribution in [0, 0.1) is 10.6 Å². The number of halogens is 1. The van der Waals surface area contributed by atoms with E-state index in [4.69, 9.17) is 17.0 Å². The van der Waals surface area contributed by atoms with Crippen molar-refractivity contribution in [2.24, 2.45) is 0 Å². The molecule has 1 amide bonds. The van der Waals surface area contributed by atoms with Crippen molar-refractivity contribution in [3.8, 4) is 0 Å². The number of imidazole rings is 1. The summed E-state index contributed by atoms with van der Waals surface area (Å²) in [5, 5.41) is 2.88. The third-order valence-electron chi connectivity index (χ3n) is 3.53. The topological polar surface area (TPSA) is 69.9 Å². The summed E-state index contributed by atoms with van der Waals surface area (Å²) in [6, 6.07) is 2.46. The van der Waals surface area contributed by atoms with Crippen molar-refractivity contribution >= 4 is 29.2 Å². The van der Waals surface area contributed by atoms with Crippen molar-refractivity contribution in [1.29, 1.82) is 0 Å². The highest BCUT2D eigenvalue weighted by atomic mass is 32.1. The lowest BCUT2D eigenvalue weighted by atomic mass is 10.1. The zero-order chi connectivity index (χ0) is 14.3. The van der Waals surface area contributed by atoms with Gasteiger partial charge in [0.1, 0.15) is 5.82 Å². The fourth-order valence-corrected chi connectivity index (χ4v) is 2.67. The van der Waals surface area contributed by atoms with Gasteiger partial charge in [0.15, 0.2) is 4.77 Å². The Kier molecular flexibility index (Phi) is 3.31. The number of carbonyl (C=O) groups excluding carboxylic acids is 1. The van der Waals surface area contributed by atoms with E-state index in [2.05, 4.69) is 15.3 Å². The lowest BCUT2D eigenvalue weighted by molar-refractivity contribution is 0.0867. The van der Waals surface area contributed by atoms with Crippen LogP contribution in [0.5, 0.6) is 0 Å². The van der Waals surface area contributed by atoms with Gasteiger partial charge in [0.25, 0.3) is 5.91 Å². The van der Waals surface area contributed by atoms with E-state index in [0.29, 0.717) is 22.4 Å². The Morgan fingerprint density at radius 1 is 1.50 bits per heavy atom. The molecule has 1 aromatic heterocycles. The van der Waals surface area contributed by atoms with Crippen LogP contribution >= 0.6 is 12.2 Å². The number of nitrogens with one attached hydrogen (secondary N) is 3. The normalized spacial score (nSPS) is 22.3. The highest BCUT2D eigenvalue weighted by Gasteiger charge is 2.27. The van der Waals surface area contributed by atoms with Gasteiger partial charge in [-0.25, -0.2) is 4.39 Å². The second-order valence-corrected chi connectivity index (χ2v) is 5.31. The molecule has 7 heteroatoms. The third kappa shape index (κ3) is 2.34. The number of rotatable bonds is 2. The van der Waals surface area contributed by atoms with Crippen LogP contribution in [0.25, 0.3) is 11.0 Å². The Labute approximate surface area is 119 Å². The number of benzene rings is 1. The Bertz CT molecular complexity index is 724. The van der Waals surface area contributed by atoms with Gasteiger partial charge < -0.3 is 20.0 Å². The molecule has 0 radical (unpaired) electrons. The standard InChI is InChI=1S/C13H14FN3O2S/c1-6-9(2-3-19-6)15-12(18)8-4-7(14)5-10-11(8)17-13(20)16-10/h4-6,9H,2-3H2,1H3,(H,15,18)(H2,16,17,20)/t6-,9-/m1/s1. The summed E-state index contributed by atoms with van der Waals surface area (Å²) in [4.78, 5) is 18.0. The number of hydrogen-bond acceptors (Lipinski definition) is 3. The van der Waals surface area contributed by atoms with Gasteiger partial charge in [0, 0.05) is 6.61 Å². The van der Waals surface area contributed by atoms with Crippen LogP contribution in [0.15, 0.2) is 12.1 Å². The molecule has 20 heavy (non-hydrogen) atoms. The van der Waals surface area contributed by atoms with Crippen molar-refractivity contribution < 1.29 is 13.9 Å². The first-order valence-corrected chi connectivity index (χ1v) is 6.79. The summed E-state index contributed by atoms with van der Waals surface area (Å²) < 4.78 is 19.3. The summed E-state index contributed by atoms with van der Waals surface area (Å²) in [5.41, 5.74) is 1.24. The van der Waals surface area contributed by atoms with Crippen LogP contribution in [-0.4, -0.2) is 34.6 Å². The number of amides is 1. The maximum Gasteiger partial charge on any atom is 0.253 e. The zero-order valence-electron chi connectivity index (χ0n) is 10.8. The average molecular weight is 295 g/mol. The molecule has 3 rings (SSSR count). The molecule has 2 atom stereocenters. The number of hydrogen-bond donors (Lipinski definition) is 3. The second kappa shape index (κ2) is 4.99. The van der Waals surface area contributed by atoms with Crippen LogP contribution in [0.3, 0.4) is 0 Å². The Morgan fingerprint density at radius 3 is 3.00 bits per heavy atom. The zero-order valence-corrected chi connectivity index (χ0v) is 11.6. The third-order valence-corrected chi connectivity index (χ3v) is 3.73. The van der Waals surface area contributed by atoms with Gasteiger partial charge in [-0.15, -0.1) is 0 Å². The van der Waals surface area contributed by atoms with Crippen molar-refractivity contribution in [2.45, 2.75) is 25.5 Å². The number of fused-ring (bicyclic) bond motifs is 1. The minimum atomic E-state index is -0.483. The van der Waals surface area contributed by atoms with E-state index < -0.39 is 5.82 Å². The van der Waals surface area contributed by atoms with Crippen LogP contribution in [0.4, 0.5) is 4.39 Å². The Hall–Kier alpha value is -1.73. The van der Waals surface area contributed by atoms with Gasteiger partial charge in [-0.2, -0.15) is 0 Å². The molecule has 106 valence electrons. The van der Waals surface area contributed by atoms with Crippen molar-refractivity contribution in [2.75, 3.05) is 6.61 Å². The minimum absolute atomic E-state index is 0.0345. The molecule has 1 fully saturated rings. The smallest absolute Gasteiger partial charge is 0.253 e. The Balaban J connectivity index is 1.96. The molecule has 1 saturated heterocycles. The van der Waals surface area contributed by atoms with Crippen molar-refractivity contribution in [3.63, 3.8) is 0 Å². The summed E-state index contributed by atoms with van der Waals surface area (Å²) in [6.07, 6.45) is 0.724. The summed E-state index contributed by atoms with van der Waals surface area (Å²) >= 11 is 4.98. The average Bonchev–Trinajstić information content (AvgIpc) is 2.94.